The predicted molar refractivity (Wildman–Crippen MR) is 75.4 cm³/mol. The molecule has 2 fully saturated rings. The Kier molecular flexibility index (Phi) is 3.87. The van der Waals surface area contributed by atoms with Gasteiger partial charge >= 0.3 is 12.1 Å². The summed E-state index contributed by atoms with van der Waals surface area (Å²) in [4.78, 5) is 13.9. The topological polar surface area (TPSA) is 87.6 Å². The Morgan fingerprint density at radius 2 is 2.12 bits per heavy atom. The number of sulfonamides is 1. The highest BCUT2D eigenvalue weighted by atomic mass is 32.2. The maximum absolute atomic E-state index is 13.1. The molecule has 0 amide bonds. The lowest BCUT2D eigenvalue weighted by Gasteiger charge is -2.23. The smallest absolute Gasteiger partial charge is 0.434 e. The number of aromatic nitrogens is 1. The summed E-state index contributed by atoms with van der Waals surface area (Å²) in [5.41, 5.74) is -2.68. The SMILES string of the molecule is O=C(O)[C@@]12CCC[C@H]1CN(S(=O)(=O)c1cccnc1C(F)(F)F)C2. The quantitative estimate of drug-likeness (QED) is 0.886. The standard InChI is InChI=1S/C14H15F3N2O4S/c15-14(16,17)11-10(4-2-6-18-11)24(22,23)19-7-9-3-1-5-13(9,8-19)12(20)21/h2,4,6,9H,1,3,5,7-8H2,(H,20,21)/t9-,13+/m0/s1. The van der Waals surface area contributed by atoms with E-state index in [-0.39, 0.29) is 19.0 Å². The van der Waals surface area contributed by atoms with Crippen LogP contribution in [0.25, 0.3) is 0 Å². The van der Waals surface area contributed by atoms with Gasteiger partial charge in [0.05, 0.1) is 5.41 Å². The molecule has 2 aliphatic rings. The van der Waals surface area contributed by atoms with Crippen LogP contribution < -0.4 is 0 Å². The zero-order valence-corrected chi connectivity index (χ0v) is 13.3. The maximum atomic E-state index is 13.1. The lowest BCUT2D eigenvalue weighted by molar-refractivity contribution is -0.149. The molecule has 1 saturated carbocycles. The molecule has 1 aromatic rings. The Bertz CT molecular complexity index is 780. The number of fused-ring (bicyclic) bond motifs is 1. The molecule has 24 heavy (non-hydrogen) atoms. The summed E-state index contributed by atoms with van der Waals surface area (Å²) in [5, 5.41) is 9.50. The summed E-state index contributed by atoms with van der Waals surface area (Å²) in [6.07, 6.45) is -2.48. The first-order chi connectivity index (χ1) is 11.1. The van der Waals surface area contributed by atoms with Crippen LogP contribution in [0.1, 0.15) is 25.0 Å². The molecule has 10 heteroatoms. The van der Waals surface area contributed by atoms with E-state index in [2.05, 4.69) is 4.98 Å². The Morgan fingerprint density at radius 1 is 1.42 bits per heavy atom. The molecule has 1 N–H and O–H groups in total. The number of nitrogens with zero attached hydrogens (tertiary/aromatic N) is 2. The lowest BCUT2D eigenvalue weighted by atomic mass is 9.81. The van der Waals surface area contributed by atoms with Crippen LogP contribution in [0.2, 0.25) is 0 Å². The Hall–Kier alpha value is -1.68. The van der Waals surface area contributed by atoms with Crippen molar-refractivity contribution >= 4 is 16.0 Å². The van der Waals surface area contributed by atoms with Gasteiger partial charge in [-0.2, -0.15) is 17.5 Å². The number of hydrogen-bond donors (Lipinski definition) is 1. The molecule has 6 nitrogen and oxygen atoms in total. The van der Waals surface area contributed by atoms with Crippen LogP contribution in [0.5, 0.6) is 0 Å². The molecule has 0 radical (unpaired) electrons. The molecule has 1 saturated heterocycles. The number of halogens is 3. The summed E-state index contributed by atoms with van der Waals surface area (Å²) in [5.74, 6) is -1.47. The van der Waals surface area contributed by atoms with E-state index in [9.17, 15) is 31.5 Å². The van der Waals surface area contributed by atoms with Gasteiger partial charge < -0.3 is 5.11 Å². The first-order valence-electron chi connectivity index (χ1n) is 7.35. The van der Waals surface area contributed by atoms with Gasteiger partial charge in [-0.1, -0.05) is 6.42 Å². The average molecular weight is 364 g/mol. The van der Waals surface area contributed by atoms with Crippen molar-refractivity contribution in [3.63, 3.8) is 0 Å². The average Bonchev–Trinajstić information content (AvgIpc) is 3.04. The van der Waals surface area contributed by atoms with Crippen molar-refractivity contribution < 1.29 is 31.5 Å². The number of pyridine rings is 1. The van der Waals surface area contributed by atoms with Crippen molar-refractivity contribution in [3.8, 4) is 0 Å². The number of carboxylic acid groups (broad SMARTS) is 1. The van der Waals surface area contributed by atoms with E-state index in [1.807, 2.05) is 0 Å². The Morgan fingerprint density at radius 3 is 2.71 bits per heavy atom. The molecule has 0 spiro atoms. The summed E-state index contributed by atoms with van der Waals surface area (Å²) >= 11 is 0. The lowest BCUT2D eigenvalue weighted by Crippen LogP contribution is -2.37. The van der Waals surface area contributed by atoms with Crippen molar-refractivity contribution in [3.05, 3.63) is 24.0 Å². The first-order valence-corrected chi connectivity index (χ1v) is 8.79. The largest absolute Gasteiger partial charge is 0.481 e. The molecule has 2 heterocycles. The summed E-state index contributed by atoms with van der Waals surface area (Å²) in [7, 11) is -4.48. The number of alkyl halides is 3. The Labute approximate surface area is 136 Å². The third-order valence-corrected chi connectivity index (χ3v) is 6.77. The molecule has 2 atom stereocenters. The van der Waals surface area contributed by atoms with Crippen molar-refractivity contribution in [2.45, 2.75) is 30.3 Å². The number of aliphatic carboxylic acids is 1. The second kappa shape index (κ2) is 5.41. The Balaban J connectivity index is 2.01. The van der Waals surface area contributed by atoms with Crippen LogP contribution in [-0.2, 0) is 21.0 Å². The molecule has 1 aromatic heterocycles. The second-order valence-corrected chi connectivity index (χ2v) is 8.10. The fourth-order valence-electron chi connectivity index (χ4n) is 3.73. The van der Waals surface area contributed by atoms with Crippen LogP contribution in [0.4, 0.5) is 13.2 Å². The zero-order valence-electron chi connectivity index (χ0n) is 12.5. The molecule has 0 aromatic carbocycles. The van der Waals surface area contributed by atoms with Gasteiger partial charge in [-0.3, -0.25) is 9.78 Å². The minimum absolute atomic E-state index is 0.0825. The third-order valence-electron chi connectivity index (χ3n) is 4.92. The molecular weight excluding hydrogens is 349 g/mol. The predicted octanol–water partition coefficient (Wildman–Crippen LogP) is 1.98. The van der Waals surface area contributed by atoms with E-state index < -0.39 is 38.2 Å². The van der Waals surface area contributed by atoms with E-state index in [0.717, 1.165) is 22.6 Å². The van der Waals surface area contributed by atoms with Gasteiger partial charge in [0.15, 0.2) is 5.69 Å². The molecule has 0 bridgehead atoms. The molecule has 3 rings (SSSR count). The second-order valence-electron chi connectivity index (χ2n) is 6.20. The van der Waals surface area contributed by atoms with Crippen LogP contribution in [-0.4, -0.2) is 41.9 Å². The summed E-state index contributed by atoms with van der Waals surface area (Å²) in [6, 6.07) is 1.97. The van der Waals surface area contributed by atoms with E-state index in [1.165, 1.54) is 0 Å². The monoisotopic (exact) mass is 364 g/mol. The molecule has 1 aliphatic heterocycles. The fourth-order valence-corrected chi connectivity index (χ4v) is 5.44. The highest BCUT2D eigenvalue weighted by Gasteiger charge is 2.57. The van der Waals surface area contributed by atoms with Gasteiger partial charge in [-0.25, -0.2) is 8.42 Å². The third kappa shape index (κ3) is 2.48. The van der Waals surface area contributed by atoms with Crippen LogP contribution in [0, 0.1) is 11.3 Å². The van der Waals surface area contributed by atoms with Crippen molar-refractivity contribution in [2.75, 3.05) is 13.1 Å². The molecule has 1 aliphatic carbocycles. The van der Waals surface area contributed by atoms with Crippen LogP contribution in [0.15, 0.2) is 23.2 Å². The van der Waals surface area contributed by atoms with Gasteiger partial charge in [0.1, 0.15) is 4.90 Å². The van der Waals surface area contributed by atoms with Gasteiger partial charge in [-0.05, 0) is 30.9 Å². The maximum Gasteiger partial charge on any atom is 0.434 e. The number of hydrogen-bond acceptors (Lipinski definition) is 4. The molecule has 132 valence electrons. The zero-order chi connectivity index (χ0) is 17.8. The molecule has 0 unspecified atom stereocenters. The summed E-state index contributed by atoms with van der Waals surface area (Å²) < 4.78 is 65.4. The van der Waals surface area contributed by atoms with Gasteiger partial charge in [0.25, 0.3) is 0 Å². The molecular formula is C14H15F3N2O4S. The van der Waals surface area contributed by atoms with E-state index in [0.29, 0.717) is 19.3 Å². The summed E-state index contributed by atoms with van der Waals surface area (Å²) in [6.45, 7) is -0.387. The number of carboxylic acids is 1. The number of carbonyl (C=O) groups is 1. The van der Waals surface area contributed by atoms with E-state index >= 15 is 0 Å². The van der Waals surface area contributed by atoms with E-state index in [4.69, 9.17) is 0 Å². The van der Waals surface area contributed by atoms with E-state index in [1.54, 1.807) is 0 Å². The highest BCUT2D eigenvalue weighted by Crippen LogP contribution is 2.50. The highest BCUT2D eigenvalue weighted by molar-refractivity contribution is 7.89. The normalized spacial score (nSPS) is 28.0. The first kappa shape index (κ1) is 17.2. The minimum Gasteiger partial charge on any atom is -0.481 e. The number of rotatable bonds is 3. The van der Waals surface area contributed by atoms with Crippen molar-refractivity contribution in [1.82, 2.24) is 9.29 Å². The van der Waals surface area contributed by atoms with Gasteiger partial charge in [0, 0.05) is 19.3 Å². The minimum atomic E-state index is -4.91. The van der Waals surface area contributed by atoms with Gasteiger partial charge in [0.2, 0.25) is 10.0 Å². The van der Waals surface area contributed by atoms with Crippen LogP contribution in [0.3, 0.4) is 0 Å². The fraction of sp³-hybridized carbons (Fsp3) is 0.571. The van der Waals surface area contributed by atoms with Crippen molar-refractivity contribution in [1.29, 1.82) is 0 Å². The van der Waals surface area contributed by atoms with Gasteiger partial charge in [-0.15, -0.1) is 0 Å². The van der Waals surface area contributed by atoms with Crippen LogP contribution >= 0.6 is 0 Å². The van der Waals surface area contributed by atoms with Crippen molar-refractivity contribution in [2.24, 2.45) is 11.3 Å².